The number of amides is 1. The molecule has 0 fully saturated rings. The predicted molar refractivity (Wildman–Crippen MR) is 68.4 cm³/mol. The van der Waals surface area contributed by atoms with Crippen LogP contribution in [0.5, 0.6) is 0 Å². The fraction of sp³-hybridized carbons (Fsp3) is 0.308. The Hall–Kier alpha value is -1.81. The van der Waals surface area contributed by atoms with E-state index in [-0.39, 0.29) is 5.91 Å². The van der Waals surface area contributed by atoms with Gasteiger partial charge in [-0.25, -0.2) is 0 Å². The Balaban J connectivity index is 2.06. The van der Waals surface area contributed by atoms with E-state index in [9.17, 15) is 4.79 Å². The zero-order valence-electron chi connectivity index (χ0n) is 9.94. The third-order valence-electron chi connectivity index (χ3n) is 2.84. The number of rotatable bonds is 5. The van der Waals surface area contributed by atoms with Crippen LogP contribution in [0.15, 0.2) is 30.5 Å². The Kier molecular flexibility index (Phi) is 3.44. The average molecular weight is 231 g/mol. The van der Waals surface area contributed by atoms with Gasteiger partial charge in [0.05, 0.1) is 0 Å². The van der Waals surface area contributed by atoms with E-state index in [0.29, 0.717) is 13.0 Å². The van der Waals surface area contributed by atoms with Crippen LogP contribution in [-0.4, -0.2) is 17.0 Å². The van der Waals surface area contributed by atoms with Crippen molar-refractivity contribution in [2.24, 2.45) is 12.8 Å². The van der Waals surface area contributed by atoms with Crippen molar-refractivity contribution in [1.29, 1.82) is 0 Å². The number of fused-ring (bicyclic) bond motifs is 1. The Labute approximate surface area is 100 Å². The van der Waals surface area contributed by atoms with Gasteiger partial charge < -0.3 is 15.6 Å². The first-order chi connectivity index (χ1) is 8.18. The molecule has 0 saturated heterocycles. The summed E-state index contributed by atoms with van der Waals surface area (Å²) < 4.78 is 2.11. The van der Waals surface area contributed by atoms with Crippen LogP contribution < -0.4 is 11.1 Å². The minimum Gasteiger partial charge on any atom is -0.370 e. The van der Waals surface area contributed by atoms with Gasteiger partial charge in [-0.05, 0) is 11.6 Å². The fourth-order valence-electron chi connectivity index (χ4n) is 2.00. The van der Waals surface area contributed by atoms with Gasteiger partial charge in [0.15, 0.2) is 0 Å². The summed E-state index contributed by atoms with van der Waals surface area (Å²) in [7, 11) is 2.04. The molecule has 1 aromatic heterocycles. The van der Waals surface area contributed by atoms with E-state index in [2.05, 4.69) is 28.2 Å². The number of aryl methyl sites for hydroxylation is 1. The van der Waals surface area contributed by atoms with Gasteiger partial charge in [-0.2, -0.15) is 0 Å². The van der Waals surface area contributed by atoms with Crippen molar-refractivity contribution >= 4 is 16.8 Å². The summed E-state index contributed by atoms with van der Waals surface area (Å²) >= 11 is 0. The SMILES string of the molecule is Cn1cc(CNCCC(N)=O)c2ccccc21. The molecule has 0 saturated carbocycles. The van der Waals surface area contributed by atoms with E-state index >= 15 is 0 Å². The standard InChI is InChI=1S/C13H17N3O/c1-16-9-10(8-15-7-6-13(14)17)11-4-2-3-5-12(11)16/h2-5,9,15H,6-8H2,1H3,(H2,14,17). The van der Waals surface area contributed by atoms with E-state index < -0.39 is 0 Å². The van der Waals surface area contributed by atoms with Crippen molar-refractivity contribution in [3.8, 4) is 0 Å². The fourth-order valence-corrected chi connectivity index (χ4v) is 2.00. The highest BCUT2D eigenvalue weighted by molar-refractivity contribution is 5.83. The lowest BCUT2D eigenvalue weighted by Crippen LogP contribution is -2.21. The molecule has 0 unspecified atom stereocenters. The number of para-hydroxylation sites is 1. The lowest BCUT2D eigenvalue weighted by atomic mass is 10.2. The molecule has 1 aromatic carbocycles. The number of carbonyl (C=O) groups excluding carboxylic acids is 1. The molecular weight excluding hydrogens is 214 g/mol. The molecular formula is C13H17N3O. The number of aromatic nitrogens is 1. The van der Waals surface area contributed by atoms with Crippen LogP contribution in [0.2, 0.25) is 0 Å². The number of nitrogens with one attached hydrogen (secondary N) is 1. The number of carbonyl (C=O) groups is 1. The number of primary amides is 1. The smallest absolute Gasteiger partial charge is 0.218 e. The van der Waals surface area contributed by atoms with Crippen molar-refractivity contribution in [2.75, 3.05) is 6.54 Å². The van der Waals surface area contributed by atoms with Crippen LogP contribution in [-0.2, 0) is 18.4 Å². The van der Waals surface area contributed by atoms with Gasteiger partial charge in [0.25, 0.3) is 0 Å². The second kappa shape index (κ2) is 5.01. The highest BCUT2D eigenvalue weighted by Crippen LogP contribution is 2.19. The molecule has 1 heterocycles. The van der Waals surface area contributed by atoms with E-state index in [4.69, 9.17) is 5.73 Å². The Bertz CT molecular complexity index is 530. The number of nitrogens with two attached hydrogens (primary N) is 1. The quantitative estimate of drug-likeness (QED) is 0.758. The average Bonchev–Trinajstić information content (AvgIpc) is 2.63. The van der Waals surface area contributed by atoms with Crippen LogP contribution in [0.1, 0.15) is 12.0 Å². The molecule has 0 spiro atoms. The summed E-state index contributed by atoms with van der Waals surface area (Å²) in [6, 6.07) is 8.28. The van der Waals surface area contributed by atoms with E-state index in [1.807, 2.05) is 19.2 Å². The Morgan fingerprint density at radius 1 is 1.41 bits per heavy atom. The van der Waals surface area contributed by atoms with E-state index in [1.165, 1.54) is 16.5 Å². The zero-order chi connectivity index (χ0) is 12.3. The van der Waals surface area contributed by atoms with Crippen LogP contribution >= 0.6 is 0 Å². The molecule has 0 bridgehead atoms. The minimum absolute atomic E-state index is 0.268. The maximum Gasteiger partial charge on any atom is 0.218 e. The molecule has 2 rings (SSSR count). The molecule has 90 valence electrons. The summed E-state index contributed by atoms with van der Waals surface area (Å²) in [5, 5.41) is 4.48. The number of nitrogens with zero attached hydrogens (tertiary/aromatic N) is 1. The highest BCUT2D eigenvalue weighted by Gasteiger charge is 2.04. The summed E-state index contributed by atoms with van der Waals surface area (Å²) in [5.74, 6) is -0.268. The van der Waals surface area contributed by atoms with Gasteiger partial charge in [-0.15, -0.1) is 0 Å². The molecule has 17 heavy (non-hydrogen) atoms. The number of benzene rings is 1. The molecule has 0 aliphatic rings. The summed E-state index contributed by atoms with van der Waals surface area (Å²) in [5.41, 5.74) is 7.55. The first-order valence-corrected chi connectivity index (χ1v) is 5.70. The van der Waals surface area contributed by atoms with Crippen molar-refractivity contribution in [1.82, 2.24) is 9.88 Å². The third-order valence-corrected chi connectivity index (χ3v) is 2.84. The normalized spacial score (nSPS) is 10.9. The highest BCUT2D eigenvalue weighted by atomic mass is 16.1. The Morgan fingerprint density at radius 2 is 2.18 bits per heavy atom. The molecule has 0 aliphatic carbocycles. The number of hydrogen-bond donors (Lipinski definition) is 2. The third kappa shape index (κ3) is 2.65. The van der Waals surface area contributed by atoms with Gasteiger partial charge in [-0.1, -0.05) is 18.2 Å². The van der Waals surface area contributed by atoms with Crippen LogP contribution in [0.4, 0.5) is 0 Å². The molecule has 1 amide bonds. The predicted octanol–water partition coefficient (Wildman–Crippen LogP) is 1.14. The van der Waals surface area contributed by atoms with Crippen molar-refractivity contribution in [2.45, 2.75) is 13.0 Å². The first-order valence-electron chi connectivity index (χ1n) is 5.70. The molecule has 0 radical (unpaired) electrons. The molecule has 0 aliphatic heterocycles. The molecule has 4 heteroatoms. The lowest BCUT2D eigenvalue weighted by molar-refractivity contribution is -0.117. The maximum atomic E-state index is 10.6. The van der Waals surface area contributed by atoms with Gasteiger partial charge in [0.1, 0.15) is 0 Å². The topological polar surface area (TPSA) is 60.1 Å². The van der Waals surface area contributed by atoms with E-state index in [1.54, 1.807) is 0 Å². The summed E-state index contributed by atoms with van der Waals surface area (Å²) in [6.45, 7) is 1.38. The minimum atomic E-state index is -0.268. The maximum absolute atomic E-state index is 10.6. The van der Waals surface area contributed by atoms with Gasteiger partial charge in [0, 0.05) is 43.7 Å². The van der Waals surface area contributed by atoms with E-state index in [0.717, 1.165) is 6.54 Å². The molecule has 4 nitrogen and oxygen atoms in total. The van der Waals surface area contributed by atoms with Gasteiger partial charge in [-0.3, -0.25) is 4.79 Å². The second-order valence-corrected chi connectivity index (χ2v) is 4.18. The van der Waals surface area contributed by atoms with Crippen LogP contribution in [0.25, 0.3) is 10.9 Å². The van der Waals surface area contributed by atoms with Crippen LogP contribution in [0, 0.1) is 0 Å². The summed E-state index contributed by atoms with van der Waals surface area (Å²) in [6.07, 6.45) is 2.49. The number of hydrogen-bond acceptors (Lipinski definition) is 2. The zero-order valence-corrected chi connectivity index (χ0v) is 9.94. The first kappa shape index (κ1) is 11.7. The van der Waals surface area contributed by atoms with Crippen molar-refractivity contribution in [3.05, 3.63) is 36.0 Å². The van der Waals surface area contributed by atoms with Gasteiger partial charge in [0.2, 0.25) is 5.91 Å². The van der Waals surface area contributed by atoms with Crippen molar-refractivity contribution in [3.63, 3.8) is 0 Å². The molecule has 2 aromatic rings. The van der Waals surface area contributed by atoms with Crippen LogP contribution in [0.3, 0.4) is 0 Å². The molecule has 3 N–H and O–H groups in total. The summed E-state index contributed by atoms with van der Waals surface area (Å²) in [4.78, 5) is 10.6. The Morgan fingerprint density at radius 3 is 2.94 bits per heavy atom. The van der Waals surface area contributed by atoms with Crippen molar-refractivity contribution < 1.29 is 4.79 Å². The lowest BCUT2D eigenvalue weighted by Gasteiger charge is -2.01. The second-order valence-electron chi connectivity index (χ2n) is 4.18. The molecule has 0 atom stereocenters. The largest absolute Gasteiger partial charge is 0.370 e. The van der Waals surface area contributed by atoms with Gasteiger partial charge >= 0.3 is 0 Å². The monoisotopic (exact) mass is 231 g/mol.